The molecular formula is C17H19N3O4S. The number of methoxy groups -OCH3 is 1. The summed E-state index contributed by atoms with van der Waals surface area (Å²) in [6.07, 6.45) is 1.30. The van der Waals surface area contributed by atoms with E-state index in [4.69, 9.17) is 12.2 Å². The number of esters is 1. The van der Waals surface area contributed by atoms with Crippen molar-refractivity contribution in [1.82, 2.24) is 9.13 Å². The monoisotopic (exact) mass is 361 g/mol. The van der Waals surface area contributed by atoms with E-state index in [2.05, 4.69) is 9.73 Å². The fourth-order valence-electron chi connectivity index (χ4n) is 2.33. The average molecular weight is 361 g/mol. The highest BCUT2D eigenvalue weighted by Gasteiger charge is 2.13. The van der Waals surface area contributed by atoms with E-state index in [0.29, 0.717) is 24.3 Å². The first-order valence-electron chi connectivity index (χ1n) is 7.73. The highest BCUT2D eigenvalue weighted by molar-refractivity contribution is 7.71. The van der Waals surface area contributed by atoms with Crippen molar-refractivity contribution in [2.24, 2.45) is 4.99 Å². The van der Waals surface area contributed by atoms with Gasteiger partial charge in [-0.25, -0.2) is 4.79 Å². The summed E-state index contributed by atoms with van der Waals surface area (Å²) in [5, 5.41) is 10.3. The van der Waals surface area contributed by atoms with E-state index in [1.807, 2.05) is 6.92 Å². The van der Waals surface area contributed by atoms with Gasteiger partial charge in [-0.1, -0.05) is 0 Å². The van der Waals surface area contributed by atoms with E-state index < -0.39 is 11.5 Å². The quantitative estimate of drug-likeness (QED) is 0.503. The second kappa shape index (κ2) is 7.89. The Labute approximate surface area is 149 Å². The normalized spacial score (nSPS) is 11.0. The average Bonchev–Trinajstić information content (AvgIpc) is 2.62. The SMILES string of the molecule is CCn1c(O)c(C=Nc2ccc(C(=O)OC)cc2)c(=O)n(CC)c1=S. The molecule has 2 aromatic rings. The molecular weight excluding hydrogens is 342 g/mol. The van der Waals surface area contributed by atoms with Crippen LogP contribution in [0.3, 0.4) is 0 Å². The number of hydrogen-bond acceptors (Lipinski definition) is 6. The van der Waals surface area contributed by atoms with Gasteiger partial charge in [-0.05, 0) is 50.3 Å². The summed E-state index contributed by atoms with van der Waals surface area (Å²) in [5.41, 5.74) is 0.593. The molecule has 0 amide bonds. The smallest absolute Gasteiger partial charge is 0.337 e. The van der Waals surface area contributed by atoms with Gasteiger partial charge < -0.3 is 9.84 Å². The van der Waals surface area contributed by atoms with E-state index in [0.717, 1.165) is 0 Å². The second-order valence-electron chi connectivity index (χ2n) is 5.11. The molecule has 1 heterocycles. The first kappa shape index (κ1) is 18.6. The van der Waals surface area contributed by atoms with Crippen LogP contribution in [0.25, 0.3) is 0 Å². The molecule has 1 aromatic heterocycles. The molecule has 0 spiro atoms. The standard InChI is InChI=1S/C17H19N3O4S/c1-4-19-14(21)13(15(22)20(5-2)17(19)25)10-18-12-8-6-11(7-9-12)16(23)24-3/h6-10,21H,4-5H2,1-3H3. The number of ether oxygens (including phenoxy) is 1. The van der Waals surface area contributed by atoms with Crippen molar-refractivity contribution in [1.29, 1.82) is 0 Å². The predicted molar refractivity (Wildman–Crippen MR) is 97.6 cm³/mol. The molecule has 7 nitrogen and oxygen atoms in total. The zero-order valence-electron chi connectivity index (χ0n) is 14.2. The Morgan fingerprint density at radius 3 is 2.36 bits per heavy atom. The van der Waals surface area contributed by atoms with Gasteiger partial charge >= 0.3 is 5.97 Å². The molecule has 0 saturated heterocycles. The first-order chi connectivity index (χ1) is 11.9. The van der Waals surface area contributed by atoms with Crippen LogP contribution in [0.15, 0.2) is 34.1 Å². The third-order valence-corrected chi connectivity index (χ3v) is 4.14. The van der Waals surface area contributed by atoms with Gasteiger partial charge in [0.1, 0.15) is 5.56 Å². The molecule has 0 aliphatic carbocycles. The number of carbonyl (C=O) groups excluding carboxylic acids is 1. The maximum Gasteiger partial charge on any atom is 0.337 e. The number of rotatable bonds is 5. The Bertz CT molecular complexity index is 927. The van der Waals surface area contributed by atoms with Gasteiger partial charge in [0, 0.05) is 19.3 Å². The molecule has 0 fully saturated rings. The number of aliphatic imine (C=N–C) groups is 1. The third kappa shape index (κ3) is 3.69. The van der Waals surface area contributed by atoms with E-state index in [-0.39, 0.29) is 16.2 Å². The number of hydrogen-bond donors (Lipinski definition) is 1. The molecule has 0 aliphatic rings. The van der Waals surface area contributed by atoms with E-state index in [1.54, 1.807) is 31.2 Å². The van der Waals surface area contributed by atoms with Gasteiger partial charge in [-0.2, -0.15) is 0 Å². The maximum absolute atomic E-state index is 12.5. The number of aromatic nitrogens is 2. The van der Waals surface area contributed by atoms with Crippen LogP contribution in [-0.2, 0) is 17.8 Å². The fourth-order valence-corrected chi connectivity index (χ4v) is 2.75. The van der Waals surface area contributed by atoms with Crippen molar-refractivity contribution in [3.63, 3.8) is 0 Å². The lowest BCUT2D eigenvalue weighted by molar-refractivity contribution is 0.0601. The molecule has 0 atom stereocenters. The van der Waals surface area contributed by atoms with Crippen molar-refractivity contribution in [3.05, 3.63) is 50.5 Å². The van der Waals surface area contributed by atoms with Gasteiger partial charge in [0.2, 0.25) is 5.88 Å². The van der Waals surface area contributed by atoms with Gasteiger partial charge in [0.05, 0.1) is 18.4 Å². The van der Waals surface area contributed by atoms with Gasteiger partial charge in [-0.3, -0.25) is 18.9 Å². The van der Waals surface area contributed by atoms with Crippen LogP contribution in [0.5, 0.6) is 5.88 Å². The summed E-state index contributed by atoms with van der Waals surface area (Å²) in [5.74, 6) is -0.652. The highest BCUT2D eigenvalue weighted by atomic mass is 32.1. The van der Waals surface area contributed by atoms with Crippen molar-refractivity contribution >= 4 is 30.1 Å². The van der Waals surface area contributed by atoms with Crippen molar-refractivity contribution in [3.8, 4) is 5.88 Å². The zero-order chi connectivity index (χ0) is 18.6. The molecule has 8 heteroatoms. The molecule has 0 radical (unpaired) electrons. The molecule has 0 saturated carbocycles. The minimum atomic E-state index is -0.441. The Hall–Kier alpha value is -2.74. The number of benzene rings is 1. The van der Waals surface area contributed by atoms with Crippen LogP contribution >= 0.6 is 12.2 Å². The van der Waals surface area contributed by atoms with Crippen molar-refractivity contribution in [2.45, 2.75) is 26.9 Å². The van der Waals surface area contributed by atoms with Crippen LogP contribution in [-0.4, -0.2) is 33.5 Å². The number of aromatic hydroxyl groups is 1. The third-order valence-electron chi connectivity index (χ3n) is 3.70. The van der Waals surface area contributed by atoms with Crippen LogP contribution in [0.2, 0.25) is 0 Å². The van der Waals surface area contributed by atoms with Crippen molar-refractivity contribution < 1.29 is 14.6 Å². The fraction of sp³-hybridized carbons (Fsp3) is 0.294. The summed E-state index contributed by atoms with van der Waals surface area (Å²) in [6, 6.07) is 6.38. The van der Waals surface area contributed by atoms with E-state index in [1.165, 1.54) is 22.5 Å². The molecule has 1 aromatic carbocycles. The number of carbonyl (C=O) groups is 1. The molecule has 1 N–H and O–H groups in total. The molecule has 2 rings (SSSR count). The van der Waals surface area contributed by atoms with Crippen LogP contribution in [0.1, 0.15) is 29.8 Å². The summed E-state index contributed by atoms with van der Waals surface area (Å²) < 4.78 is 7.78. The minimum Gasteiger partial charge on any atom is -0.494 e. The van der Waals surface area contributed by atoms with Crippen LogP contribution in [0, 0.1) is 4.77 Å². The summed E-state index contributed by atoms with van der Waals surface area (Å²) >= 11 is 5.23. The van der Waals surface area contributed by atoms with Crippen LogP contribution in [0.4, 0.5) is 5.69 Å². The summed E-state index contributed by atoms with van der Waals surface area (Å²) in [7, 11) is 1.31. The molecule has 0 aliphatic heterocycles. The molecule has 0 unspecified atom stereocenters. The Morgan fingerprint density at radius 1 is 1.24 bits per heavy atom. The summed E-state index contributed by atoms with van der Waals surface area (Å²) in [4.78, 5) is 28.1. The lowest BCUT2D eigenvalue weighted by Gasteiger charge is -2.13. The molecule has 0 bridgehead atoms. The lowest BCUT2D eigenvalue weighted by Crippen LogP contribution is -2.27. The topological polar surface area (TPSA) is 85.8 Å². The maximum atomic E-state index is 12.5. The van der Waals surface area contributed by atoms with Gasteiger partial charge in [0.15, 0.2) is 4.77 Å². The number of nitrogens with zero attached hydrogens (tertiary/aromatic N) is 3. The first-order valence-corrected chi connectivity index (χ1v) is 8.14. The highest BCUT2D eigenvalue weighted by Crippen LogP contribution is 2.16. The Kier molecular flexibility index (Phi) is 5.87. The van der Waals surface area contributed by atoms with Crippen LogP contribution < -0.4 is 5.56 Å². The lowest BCUT2D eigenvalue weighted by atomic mass is 10.2. The Morgan fingerprint density at radius 2 is 1.84 bits per heavy atom. The molecule has 25 heavy (non-hydrogen) atoms. The zero-order valence-corrected chi connectivity index (χ0v) is 15.0. The molecule has 132 valence electrons. The van der Waals surface area contributed by atoms with Gasteiger partial charge in [0.25, 0.3) is 5.56 Å². The minimum absolute atomic E-state index is 0.0642. The van der Waals surface area contributed by atoms with Crippen molar-refractivity contribution in [2.75, 3.05) is 7.11 Å². The second-order valence-corrected chi connectivity index (χ2v) is 5.48. The predicted octanol–water partition coefficient (Wildman–Crippen LogP) is 2.66. The largest absolute Gasteiger partial charge is 0.494 e. The van der Waals surface area contributed by atoms with E-state index >= 15 is 0 Å². The summed E-state index contributed by atoms with van der Waals surface area (Å²) in [6.45, 7) is 4.46. The van der Waals surface area contributed by atoms with Gasteiger partial charge in [-0.15, -0.1) is 0 Å². The Balaban J connectivity index is 2.46. The van der Waals surface area contributed by atoms with E-state index in [9.17, 15) is 14.7 Å².